The minimum Gasteiger partial charge on any atom is -0.399 e. The molecule has 6 heteroatoms. The Kier molecular flexibility index (Phi) is 5.69. The lowest BCUT2D eigenvalue weighted by Gasteiger charge is -2.32. The summed E-state index contributed by atoms with van der Waals surface area (Å²) < 4.78 is 26.2. The highest BCUT2D eigenvalue weighted by Crippen LogP contribution is 2.36. The Morgan fingerprint density at radius 1 is 0.963 bits per heavy atom. The Bertz CT molecular complexity index is 794. The van der Waals surface area contributed by atoms with E-state index in [2.05, 4.69) is 4.90 Å². The van der Waals surface area contributed by atoms with E-state index in [-0.39, 0.29) is 5.82 Å². The van der Waals surface area contributed by atoms with Gasteiger partial charge in [-0.2, -0.15) is 0 Å². The van der Waals surface area contributed by atoms with Crippen LogP contribution in [0.25, 0.3) is 0 Å². The Morgan fingerprint density at radius 3 is 2.15 bits per heavy atom. The summed E-state index contributed by atoms with van der Waals surface area (Å²) in [6, 6.07) is 12.6. The van der Waals surface area contributed by atoms with Crippen molar-refractivity contribution in [3.8, 4) is 0 Å². The third-order valence-electron chi connectivity index (χ3n) is 5.42. The van der Waals surface area contributed by atoms with Crippen LogP contribution < -0.4 is 5.46 Å². The third kappa shape index (κ3) is 4.54. The lowest BCUT2D eigenvalue weighted by atomic mass is 9.75. The molecular formula is C21H26BClFNO2. The van der Waals surface area contributed by atoms with Crippen molar-refractivity contribution in [1.29, 1.82) is 0 Å². The minimum absolute atomic E-state index is 0.288. The van der Waals surface area contributed by atoms with Crippen LogP contribution in [0.2, 0.25) is 5.02 Å². The van der Waals surface area contributed by atoms with Gasteiger partial charge in [0.05, 0.1) is 11.2 Å². The number of hydrogen-bond acceptors (Lipinski definition) is 3. The van der Waals surface area contributed by atoms with Gasteiger partial charge in [-0.05, 0) is 75.6 Å². The van der Waals surface area contributed by atoms with E-state index in [0.29, 0.717) is 6.54 Å². The number of halogens is 2. The normalized spacial score (nSPS) is 18.3. The van der Waals surface area contributed by atoms with Crippen molar-refractivity contribution in [3.63, 3.8) is 0 Å². The summed E-state index contributed by atoms with van der Waals surface area (Å²) in [6.45, 7) is 9.41. The van der Waals surface area contributed by atoms with Gasteiger partial charge in [-0.3, -0.25) is 4.90 Å². The number of rotatable bonds is 5. The van der Waals surface area contributed by atoms with Crippen molar-refractivity contribution in [2.24, 2.45) is 0 Å². The van der Waals surface area contributed by atoms with E-state index >= 15 is 0 Å². The Hall–Kier alpha value is -1.40. The molecule has 0 spiro atoms. The van der Waals surface area contributed by atoms with Gasteiger partial charge in [0.25, 0.3) is 0 Å². The van der Waals surface area contributed by atoms with Gasteiger partial charge < -0.3 is 9.31 Å². The molecule has 0 radical (unpaired) electrons. The first-order chi connectivity index (χ1) is 12.6. The van der Waals surface area contributed by atoms with Crippen molar-refractivity contribution in [3.05, 3.63) is 64.4 Å². The van der Waals surface area contributed by atoms with Crippen LogP contribution in [0.5, 0.6) is 0 Å². The lowest BCUT2D eigenvalue weighted by molar-refractivity contribution is 0.00578. The summed E-state index contributed by atoms with van der Waals surface area (Å²) >= 11 is 5.96. The first-order valence-electron chi connectivity index (χ1n) is 9.14. The molecule has 1 heterocycles. The first-order valence-corrected chi connectivity index (χ1v) is 9.52. The molecule has 144 valence electrons. The van der Waals surface area contributed by atoms with Crippen LogP contribution >= 0.6 is 11.6 Å². The summed E-state index contributed by atoms with van der Waals surface area (Å²) in [5, 5.41) is 0.725. The summed E-state index contributed by atoms with van der Waals surface area (Å²) in [6.07, 6.45) is 0. The van der Waals surface area contributed by atoms with Crippen molar-refractivity contribution < 1.29 is 13.7 Å². The Morgan fingerprint density at radius 2 is 1.56 bits per heavy atom. The molecule has 1 aliphatic rings. The molecule has 3 rings (SSSR count). The summed E-state index contributed by atoms with van der Waals surface area (Å²) in [5.41, 5.74) is 1.98. The molecule has 0 N–H and O–H groups in total. The monoisotopic (exact) mass is 389 g/mol. The van der Waals surface area contributed by atoms with Gasteiger partial charge >= 0.3 is 7.12 Å². The second-order valence-corrected chi connectivity index (χ2v) is 8.67. The number of nitrogens with zero attached hydrogens (tertiary/aromatic N) is 1. The molecular weight excluding hydrogens is 363 g/mol. The van der Waals surface area contributed by atoms with E-state index in [1.165, 1.54) is 17.7 Å². The fourth-order valence-corrected chi connectivity index (χ4v) is 3.27. The van der Waals surface area contributed by atoms with Crippen LogP contribution in [-0.2, 0) is 22.4 Å². The predicted octanol–water partition coefficient (Wildman–Crippen LogP) is 4.41. The third-order valence-corrected chi connectivity index (χ3v) is 5.67. The smallest absolute Gasteiger partial charge is 0.399 e. The van der Waals surface area contributed by atoms with E-state index < -0.39 is 18.3 Å². The van der Waals surface area contributed by atoms with Crippen LogP contribution in [0.4, 0.5) is 4.39 Å². The summed E-state index contributed by atoms with van der Waals surface area (Å²) in [7, 11) is 1.45. The number of hydrogen-bond donors (Lipinski definition) is 0. The quantitative estimate of drug-likeness (QED) is 0.707. The average molecular weight is 390 g/mol. The SMILES string of the molecule is CN(Cc1ccc(Cl)cc1)Cc1ccc(F)cc1B1OC(C)(C)C(C)(C)O1. The van der Waals surface area contributed by atoms with Gasteiger partial charge in [0.1, 0.15) is 5.82 Å². The molecule has 0 amide bonds. The van der Waals surface area contributed by atoms with Gasteiger partial charge in [0.2, 0.25) is 0 Å². The first kappa shape index (κ1) is 20.3. The van der Waals surface area contributed by atoms with E-state index in [9.17, 15) is 4.39 Å². The van der Waals surface area contributed by atoms with Crippen LogP contribution in [0.1, 0.15) is 38.8 Å². The Labute approximate surface area is 166 Å². The average Bonchev–Trinajstić information content (AvgIpc) is 2.79. The van der Waals surface area contributed by atoms with E-state index in [0.717, 1.165) is 22.6 Å². The van der Waals surface area contributed by atoms with Crippen molar-refractivity contribution in [2.45, 2.75) is 52.0 Å². The molecule has 2 aromatic carbocycles. The molecule has 1 aliphatic heterocycles. The maximum atomic E-state index is 14.0. The van der Waals surface area contributed by atoms with Crippen molar-refractivity contribution in [1.82, 2.24) is 4.90 Å². The van der Waals surface area contributed by atoms with Gasteiger partial charge in [-0.1, -0.05) is 29.8 Å². The summed E-state index contributed by atoms with van der Waals surface area (Å²) in [5.74, 6) is -0.288. The zero-order chi connectivity index (χ0) is 19.8. The second kappa shape index (κ2) is 7.55. The topological polar surface area (TPSA) is 21.7 Å². The van der Waals surface area contributed by atoms with Gasteiger partial charge in [0, 0.05) is 18.1 Å². The zero-order valence-corrected chi connectivity index (χ0v) is 17.3. The van der Waals surface area contributed by atoms with Crippen LogP contribution in [0, 0.1) is 5.82 Å². The second-order valence-electron chi connectivity index (χ2n) is 8.23. The van der Waals surface area contributed by atoms with Gasteiger partial charge in [-0.25, -0.2) is 4.39 Å². The highest BCUT2D eigenvalue weighted by molar-refractivity contribution is 6.62. The molecule has 1 fully saturated rings. The molecule has 27 heavy (non-hydrogen) atoms. The van der Waals surface area contributed by atoms with Crippen LogP contribution in [-0.4, -0.2) is 30.3 Å². The fraction of sp³-hybridized carbons (Fsp3) is 0.429. The highest BCUT2D eigenvalue weighted by atomic mass is 35.5. The lowest BCUT2D eigenvalue weighted by Crippen LogP contribution is -2.41. The maximum absolute atomic E-state index is 14.0. The van der Waals surface area contributed by atoms with Crippen molar-refractivity contribution in [2.75, 3.05) is 7.05 Å². The molecule has 0 saturated carbocycles. The summed E-state index contributed by atoms with van der Waals surface area (Å²) in [4.78, 5) is 2.17. The maximum Gasteiger partial charge on any atom is 0.495 e. The molecule has 0 atom stereocenters. The van der Waals surface area contributed by atoms with Crippen LogP contribution in [0.3, 0.4) is 0 Å². The van der Waals surface area contributed by atoms with E-state index in [1.807, 2.05) is 65.1 Å². The molecule has 0 aromatic heterocycles. The molecule has 1 saturated heterocycles. The fourth-order valence-electron chi connectivity index (χ4n) is 3.15. The number of benzene rings is 2. The molecule has 3 nitrogen and oxygen atoms in total. The predicted molar refractivity (Wildman–Crippen MR) is 109 cm³/mol. The van der Waals surface area contributed by atoms with E-state index in [1.54, 1.807) is 0 Å². The highest BCUT2D eigenvalue weighted by Gasteiger charge is 2.52. The molecule has 2 aromatic rings. The molecule has 0 aliphatic carbocycles. The minimum atomic E-state index is -0.579. The van der Waals surface area contributed by atoms with Gasteiger partial charge in [-0.15, -0.1) is 0 Å². The zero-order valence-electron chi connectivity index (χ0n) is 16.6. The van der Waals surface area contributed by atoms with E-state index in [4.69, 9.17) is 20.9 Å². The standard InChI is InChI=1S/C21H26BClFNO2/c1-20(2)21(3,4)27-22(26-20)19-12-18(24)11-8-16(19)14-25(5)13-15-6-9-17(23)10-7-15/h6-12H,13-14H2,1-5H3. The molecule has 0 unspecified atom stereocenters. The van der Waals surface area contributed by atoms with Crippen LogP contribution in [0.15, 0.2) is 42.5 Å². The van der Waals surface area contributed by atoms with Crippen molar-refractivity contribution >= 4 is 24.2 Å². The molecule has 0 bridgehead atoms. The van der Waals surface area contributed by atoms with Gasteiger partial charge in [0.15, 0.2) is 0 Å². The largest absolute Gasteiger partial charge is 0.495 e. The Balaban J connectivity index is 1.79.